The molecular formula is C13H15N3O3S. The van der Waals surface area contributed by atoms with E-state index in [0.717, 1.165) is 21.6 Å². The van der Waals surface area contributed by atoms with Gasteiger partial charge >= 0.3 is 5.97 Å². The molecule has 0 aromatic carbocycles. The van der Waals surface area contributed by atoms with Crippen LogP contribution in [0.2, 0.25) is 0 Å². The Morgan fingerprint density at radius 3 is 3.00 bits per heavy atom. The van der Waals surface area contributed by atoms with E-state index in [-0.39, 0.29) is 6.61 Å². The number of hydrogen-bond donors (Lipinski definition) is 1. The number of thiophene rings is 1. The number of carbonyl (C=O) groups is 1. The van der Waals surface area contributed by atoms with Gasteiger partial charge in [0.05, 0.1) is 23.3 Å². The van der Waals surface area contributed by atoms with Crippen molar-refractivity contribution < 1.29 is 14.6 Å². The van der Waals surface area contributed by atoms with Crippen molar-refractivity contribution in [3.05, 3.63) is 17.3 Å². The van der Waals surface area contributed by atoms with Crippen LogP contribution in [0.3, 0.4) is 0 Å². The maximum Gasteiger partial charge on any atom is 0.329 e. The van der Waals surface area contributed by atoms with Gasteiger partial charge in [0, 0.05) is 0 Å². The number of carboxylic acid groups (broad SMARTS) is 1. The number of ether oxygens (including phenoxy) is 1. The largest absolute Gasteiger partial charge is 0.480 e. The van der Waals surface area contributed by atoms with Gasteiger partial charge in [-0.15, -0.1) is 11.3 Å². The zero-order valence-corrected chi connectivity index (χ0v) is 12.1. The summed E-state index contributed by atoms with van der Waals surface area (Å²) in [6, 6.07) is 0. The number of fused-ring (bicyclic) bond motifs is 1. The van der Waals surface area contributed by atoms with E-state index in [0.29, 0.717) is 13.1 Å². The summed E-state index contributed by atoms with van der Waals surface area (Å²) in [5.74, 6) is -0.0347. The summed E-state index contributed by atoms with van der Waals surface area (Å²) in [4.78, 5) is 21.3. The summed E-state index contributed by atoms with van der Waals surface area (Å²) in [5.41, 5.74) is 1.72. The molecule has 0 spiro atoms. The van der Waals surface area contributed by atoms with Gasteiger partial charge in [0.2, 0.25) is 0 Å². The highest BCUT2D eigenvalue weighted by Crippen LogP contribution is 2.36. The van der Waals surface area contributed by atoms with E-state index in [1.165, 1.54) is 0 Å². The smallest absolute Gasteiger partial charge is 0.329 e. The molecule has 20 heavy (non-hydrogen) atoms. The molecule has 1 saturated heterocycles. The number of anilines is 1. The first-order chi connectivity index (χ1) is 9.48. The molecule has 0 saturated carbocycles. The van der Waals surface area contributed by atoms with E-state index in [9.17, 15) is 4.79 Å². The number of carboxylic acids is 1. The highest BCUT2D eigenvalue weighted by molar-refractivity contribution is 7.18. The van der Waals surface area contributed by atoms with Crippen molar-refractivity contribution in [2.24, 2.45) is 0 Å². The molecule has 6 nitrogen and oxygen atoms in total. The Morgan fingerprint density at radius 1 is 1.55 bits per heavy atom. The minimum atomic E-state index is -0.942. The lowest BCUT2D eigenvalue weighted by molar-refractivity contribution is -0.150. The second kappa shape index (κ2) is 4.68. The Bertz CT molecular complexity index is 664. The molecule has 0 atom stereocenters. The molecule has 0 bridgehead atoms. The van der Waals surface area contributed by atoms with E-state index in [1.54, 1.807) is 17.7 Å². The van der Waals surface area contributed by atoms with Crippen molar-refractivity contribution in [2.75, 3.05) is 24.6 Å². The first-order valence-corrected chi connectivity index (χ1v) is 7.16. The maximum absolute atomic E-state index is 10.6. The molecule has 106 valence electrons. The van der Waals surface area contributed by atoms with Gasteiger partial charge in [0.15, 0.2) is 0 Å². The van der Waals surface area contributed by atoms with Crippen molar-refractivity contribution in [3.8, 4) is 0 Å². The van der Waals surface area contributed by atoms with Gasteiger partial charge < -0.3 is 14.7 Å². The molecule has 1 N–H and O–H groups in total. The summed E-state index contributed by atoms with van der Waals surface area (Å²) in [7, 11) is 0. The van der Waals surface area contributed by atoms with Gasteiger partial charge in [-0.3, -0.25) is 0 Å². The molecule has 0 unspecified atom stereocenters. The van der Waals surface area contributed by atoms with E-state index < -0.39 is 11.6 Å². The predicted octanol–water partition coefficient (Wildman–Crippen LogP) is 1.68. The SMILES string of the molecule is Cc1csc2c(N3CC(C)(OCC(=O)O)C3)ncnc12. The lowest BCUT2D eigenvalue weighted by Crippen LogP contribution is -2.62. The molecule has 3 rings (SSSR count). The molecule has 1 aliphatic rings. The van der Waals surface area contributed by atoms with E-state index >= 15 is 0 Å². The monoisotopic (exact) mass is 293 g/mol. The standard InChI is InChI=1S/C13H15N3O3S/c1-8-4-20-11-10(8)14-7-15-12(11)16-5-13(2,6-16)19-3-9(17)18/h4,7H,3,5-6H2,1-2H3,(H,17,18). The third-order valence-electron chi connectivity index (χ3n) is 3.41. The molecule has 2 aromatic heterocycles. The zero-order chi connectivity index (χ0) is 14.3. The molecule has 1 fully saturated rings. The molecular weight excluding hydrogens is 278 g/mol. The van der Waals surface area contributed by atoms with Crippen LogP contribution < -0.4 is 4.90 Å². The lowest BCUT2D eigenvalue weighted by Gasteiger charge is -2.47. The maximum atomic E-state index is 10.6. The summed E-state index contributed by atoms with van der Waals surface area (Å²) < 4.78 is 6.49. The minimum absolute atomic E-state index is 0.262. The fourth-order valence-electron chi connectivity index (χ4n) is 2.42. The van der Waals surface area contributed by atoms with Crippen molar-refractivity contribution in [1.29, 1.82) is 0 Å². The van der Waals surface area contributed by atoms with Crippen LogP contribution in [0, 0.1) is 6.92 Å². The fraction of sp³-hybridized carbons (Fsp3) is 0.462. The number of aliphatic carboxylic acids is 1. The quantitative estimate of drug-likeness (QED) is 0.924. The van der Waals surface area contributed by atoms with Gasteiger partial charge in [-0.1, -0.05) is 0 Å². The average molecular weight is 293 g/mol. The molecule has 1 aliphatic heterocycles. The zero-order valence-electron chi connectivity index (χ0n) is 11.3. The van der Waals surface area contributed by atoms with Crippen molar-refractivity contribution in [2.45, 2.75) is 19.4 Å². The Kier molecular flexibility index (Phi) is 3.10. The second-order valence-electron chi connectivity index (χ2n) is 5.28. The van der Waals surface area contributed by atoms with Gasteiger partial charge in [0.1, 0.15) is 24.4 Å². The topological polar surface area (TPSA) is 75.5 Å². The highest BCUT2D eigenvalue weighted by Gasteiger charge is 2.41. The molecule has 7 heteroatoms. The molecule has 0 aliphatic carbocycles. The summed E-state index contributed by atoms with van der Waals surface area (Å²) in [6.45, 7) is 4.98. The molecule has 0 radical (unpaired) electrons. The van der Waals surface area contributed by atoms with Crippen LogP contribution in [0.25, 0.3) is 10.2 Å². The van der Waals surface area contributed by atoms with Gasteiger partial charge in [-0.2, -0.15) is 0 Å². The van der Waals surface area contributed by atoms with Gasteiger partial charge in [0.25, 0.3) is 0 Å². The van der Waals surface area contributed by atoms with E-state index in [2.05, 4.69) is 20.2 Å². The molecule has 3 heterocycles. The summed E-state index contributed by atoms with van der Waals surface area (Å²) >= 11 is 1.63. The molecule has 0 amide bonds. The summed E-state index contributed by atoms with van der Waals surface area (Å²) in [5, 5.41) is 10.7. The first kappa shape index (κ1) is 13.3. The van der Waals surface area contributed by atoms with Gasteiger partial charge in [-0.05, 0) is 24.8 Å². The van der Waals surface area contributed by atoms with Crippen LogP contribution in [0.1, 0.15) is 12.5 Å². The minimum Gasteiger partial charge on any atom is -0.480 e. The van der Waals surface area contributed by atoms with E-state index in [4.69, 9.17) is 9.84 Å². The van der Waals surface area contributed by atoms with Crippen LogP contribution >= 0.6 is 11.3 Å². The predicted molar refractivity (Wildman–Crippen MR) is 76.4 cm³/mol. The number of aryl methyl sites for hydroxylation is 1. The third-order valence-corrected chi connectivity index (χ3v) is 4.49. The number of nitrogens with zero attached hydrogens (tertiary/aromatic N) is 3. The lowest BCUT2D eigenvalue weighted by atomic mass is 9.96. The molecule has 2 aromatic rings. The van der Waals surface area contributed by atoms with Crippen LogP contribution in [0.5, 0.6) is 0 Å². The van der Waals surface area contributed by atoms with Crippen LogP contribution in [0.4, 0.5) is 5.82 Å². The normalized spacial score (nSPS) is 17.2. The van der Waals surface area contributed by atoms with E-state index in [1.807, 2.05) is 13.8 Å². The average Bonchev–Trinajstić information content (AvgIpc) is 2.75. The van der Waals surface area contributed by atoms with Crippen molar-refractivity contribution in [3.63, 3.8) is 0 Å². The Morgan fingerprint density at radius 2 is 2.30 bits per heavy atom. The number of hydrogen-bond acceptors (Lipinski definition) is 6. The second-order valence-corrected chi connectivity index (χ2v) is 6.16. The summed E-state index contributed by atoms with van der Waals surface area (Å²) in [6.07, 6.45) is 1.57. The van der Waals surface area contributed by atoms with Crippen LogP contribution in [-0.2, 0) is 9.53 Å². The fourth-order valence-corrected chi connectivity index (χ4v) is 3.44. The number of aromatic nitrogens is 2. The third kappa shape index (κ3) is 2.23. The van der Waals surface area contributed by atoms with Crippen molar-refractivity contribution >= 4 is 33.3 Å². The highest BCUT2D eigenvalue weighted by atomic mass is 32.1. The number of rotatable bonds is 4. The Labute approximate surface area is 120 Å². The van der Waals surface area contributed by atoms with Gasteiger partial charge in [-0.25, -0.2) is 14.8 Å². The first-order valence-electron chi connectivity index (χ1n) is 6.28. The van der Waals surface area contributed by atoms with Crippen LogP contribution in [0.15, 0.2) is 11.7 Å². The van der Waals surface area contributed by atoms with Crippen molar-refractivity contribution in [1.82, 2.24) is 9.97 Å². The Hall–Kier alpha value is -1.73. The Balaban J connectivity index is 1.77. The van der Waals surface area contributed by atoms with Crippen LogP contribution in [-0.4, -0.2) is 46.3 Å².